The highest BCUT2D eigenvalue weighted by Crippen LogP contribution is 2.25. The second-order valence-electron chi connectivity index (χ2n) is 5.09. The van der Waals surface area contributed by atoms with E-state index in [0.29, 0.717) is 0 Å². The van der Waals surface area contributed by atoms with Gasteiger partial charge in [0, 0.05) is 6.04 Å². The zero-order chi connectivity index (χ0) is 13.7. The fraction of sp³-hybridized carbons (Fsp3) is 0.533. The Morgan fingerprint density at radius 2 is 1.78 bits per heavy atom. The molecule has 18 heavy (non-hydrogen) atoms. The van der Waals surface area contributed by atoms with Gasteiger partial charge in [-0.15, -0.1) is 0 Å². The Morgan fingerprint density at radius 3 is 2.22 bits per heavy atom. The molecule has 3 heteroatoms. The van der Waals surface area contributed by atoms with Crippen molar-refractivity contribution in [3.8, 4) is 0 Å². The minimum atomic E-state index is -0.274. The Balaban J connectivity index is 2.89. The summed E-state index contributed by atoms with van der Waals surface area (Å²) in [5.41, 5.74) is 0.868. The Morgan fingerprint density at radius 1 is 1.22 bits per heavy atom. The third kappa shape index (κ3) is 3.83. The van der Waals surface area contributed by atoms with Crippen molar-refractivity contribution in [2.75, 3.05) is 0 Å². The van der Waals surface area contributed by atoms with Gasteiger partial charge in [-0.25, -0.2) is 4.39 Å². The molecule has 0 aliphatic carbocycles. The molecular formula is C15H22FNO. The molecule has 0 aromatic heterocycles. The van der Waals surface area contributed by atoms with Crippen LogP contribution in [0, 0.1) is 11.7 Å². The molecule has 0 saturated heterocycles. The SMILES string of the molecule is CCC(C)NC(=O)C(c1ccc(F)cc1)C(C)C. The lowest BCUT2D eigenvalue weighted by atomic mass is 9.87. The first-order chi connectivity index (χ1) is 8.45. The van der Waals surface area contributed by atoms with E-state index in [4.69, 9.17) is 0 Å². The Labute approximate surface area is 109 Å². The molecule has 1 amide bonds. The van der Waals surface area contributed by atoms with Gasteiger partial charge in [0.15, 0.2) is 0 Å². The van der Waals surface area contributed by atoms with Crippen molar-refractivity contribution >= 4 is 5.91 Å². The first kappa shape index (κ1) is 14.7. The smallest absolute Gasteiger partial charge is 0.228 e. The zero-order valence-corrected chi connectivity index (χ0v) is 11.5. The van der Waals surface area contributed by atoms with Crippen LogP contribution in [-0.4, -0.2) is 11.9 Å². The standard InChI is InChI=1S/C15H22FNO/c1-5-11(4)17-15(18)14(10(2)3)12-6-8-13(16)9-7-12/h6-11,14H,5H2,1-4H3,(H,17,18). The molecule has 2 unspecified atom stereocenters. The van der Waals surface area contributed by atoms with Gasteiger partial charge >= 0.3 is 0 Å². The number of hydrogen-bond acceptors (Lipinski definition) is 1. The molecule has 2 atom stereocenters. The first-order valence-corrected chi connectivity index (χ1v) is 6.51. The number of carbonyl (C=O) groups excluding carboxylic acids is 1. The van der Waals surface area contributed by atoms with Gasteiger partial charge in [0.2, 0.25) is 5.91 Å². The summed E-state index contributed by atoms with van der Waals surface area (Å²) in [6, 6.07) is 6.36. The summed E-state index contributed by atoms with van der Waals surface area (Å²) in [4.78, 5) is 12.2. The van der Waals surface area contributed by atoms with Crippen molar-refractivity contribution in [1.82, 2.24) is 5.32 Å². The molecule has 1 N–H and O–H groups in total. The third-order valence-corrected chi connectivity index (χ3v) is 3.18. The molecule has 2 nitrogen and oxygen atoms in total. The van der Waals surface area contributed by atoms with Crippen LogP contribution in [0.15, 0.2) is 24.3 Å². The van der Waals surface area contributed by atoms with E-state index in [1.54, 1.807) is 12.1 Å². The van der Waals surface area contributed by atoms with Gasteiger partial charge < -0.3 is 5.32 Å². The van der Waals surface area contributed by atoms with Gasteiger partial charge in [0.05, 0.1) is 5.92 Å². The normalized spacial score (nSPS) is 14.3. The quantitative estimate of drug-likeness (QED) is 0.853. The molecule has 0 aliphatic heterocycles. The maximum Gasteiger partial charge on any atom is 0.228 e. The molecule has 1 rings (SSSR count). The van der Waals surface area contributed by atoms with Gasteiger partial charge in [0.25, 0.3) is 0 Å². The molecule has 1 aromatic rings. The zero-order valence-electron chi connectivity index (χ0n) is 11.5. The van der Waals surface area contributed by atoms with Gasteiger partial charge in [0.1, 0.15) is 5.82 Å². The first-order valence-electron chi connectivity index (χ1n) is 6.51. The number of nitrogens with one attached hydrogen (secondary N) is 1. The average Bonchev–Trinajstić information content (AvgIpc) is 2.31. The van der Waals surface area contributed by atoms with E-state index in [0.717, 1.165) is 12.0 Å². The van der Waals surface area contributed by atoms with Gasteiger partial charge in [-0.05, 0) is 37.0 Å². The van der Waals surface area contributed by atoms with Crippen LogP contribution in [0.1, 0.15) is 45.6 Å². The molecular weight excluding hydrogens is 229 g/mol. The van der Waals surface area contributed by atoms with Crippen molar-refractivity contribution in [2.45, 2.75) is 46.1 Å². The molecule has 1 aromatic carbocycles. The Bertz CT molecular complexity index is 386. The van der Waals surface area contributed by atoms with E-state index >= 15 is 0 Å². The van der Waals surface area contributed by atoms with E-state index in [2.05, 4.69) is 5.32 Å². The highest BCUT2D eigenvalue weighted by atomic mass is 19.1. The van der Waals surface area contributed by atoms with Crippen molar-refractivity contribution in [3.05, 3.63) is 35.6 Å². The minimum Gasteiger partial charge on any atom is -0.353 e. The highest BCUT2D eigenvalue weighted by Gasteiger charge is 2.24. The fourth-order valence-corrected chi connectivity index (χ4v) is 1.94. The van der Waals surface area contributed by atoms with E-state index in [-0.39, 0.29) is 29.6 Å². The van der Waals surface area contributed by atoms with Crippen LogP contribution in [0.25, 0.3) is 0 Å². The van der Waals surface area contributed by atoms with Crippen molar-refractivity contribution < 1.29 is 9.18 Å². The summed E-state index contributed by atoms with van der Waals surface area (Å²) in [5.74, 6) is -0.298. The van der Waals surface area contributed by atoms with Crippen LogP contribution < -0.4 is 5.32 Å². The van der Waals surface area contributed by atoms with E-state index in [1.165, 1.54) is 12.1 Å². The lowest BCUT2D eigenvalue weighted by molar-refractivity contribution is -0.124. The minimum absolute atomic E-state index is 0.0194. The lowest BCUT2D eigenvalue weighted by Gasteiger charge is -2.23. The average molecular weight is 251 g/mol. The summed E-state index contributed by atoms with van der Waals surface area (Å²) >= 11 is 0. The van der Waals surface area contributed by atoms with Crippen LogP contribution in [0.5, 0.6) is 0 Å². The van der Waals surface area contributed by atoms with Crippen LogP contribution >= 0.6 is 0 Å². The third-order valence-electron chi connectivity index (χ3n) is 3.18. The summed E-state index contributed by atoms with van der Waals surface area (Å²) in [5, 5.41) is 2.99. The molecule has 0 heterocycles. The predicted molar refractivity (Wildman–Crippen MR) is 71.9 cm³/mol. The largest absolute Gasteiger partial charge is 0.353 e. The summed E-state index contributed by atoms with van der Waals surface area (Å²) in [6.07, 6.45) is 0.903. The summed E-state index contributed by atoms with van der Waals surface area (Å²) < 4.78 is 12.9. The maximum absolute atomic E-state index is 12.9. The van der Waals surface area contributed by atoms with Crippen molar-refractivity contribution in [1.29, 1.82) is 0 Å². The number of amides is 1. The summed E-state index contributed by atoms with van der Waals surface area (Å²) in [6.45, 7) is 8.03. The molecule has 0 aliphatic rings. The van der Waals surface area contributed by atoms with Gasteiger partial charge in [-0.3, -0.25) is 4.79 Å². The number of rotatable bonds is 5. The predicted octanol–water partition coefficient (Wildman–Crippen LogP) is 3.48. The van der Waals surface area contributed by atoms with Crippen LogP contribution in [0.3, 0.4) is 0 Å². The molecule has 0 radical (unpaired) electrons. The molecule has 100 valence electrons. The summed E-state index contributed by atoms with van der Waals surface area (Å²) in [7, 11) is 0. The second kappa shape index (κ2) is 6.53. The molecule has 0 spiro atoms. The topological polar surface area (TPSA) is 29.1 Å². The van der Waals surface area contributed by atoms with Gasteiger partial charge in [-0.2, -0.15) is 0 Å². The van der Waals surface area contributed by atoms with Crippen molar-refractivity contribution in [2.24, 2.45) is 5.92 Å². The van der Waals surface area contributed by atoms with Crippen LogP contribution in [-0.2, 0) is 4.79 Å². The molecule has 0 saturated carbocycles. The van der Waals surface area contributed by atoms with Crippen molar-refractivity contribution in [3.63, 3.8) is 0 Å². The number of benzene rings is 1. The Kier molecular flexibility index (Phi) is 5.32. The number of carbonyl (C=O) groups is 1. The van der Waals surface area contributed by atoms with E-state index in [9.17, 15) is 9.18 Å². The molecule has 0 bridgehead atoms. The Hall–Kier alpha value is -1.38. The monoisotopic (exact) mass is 251 g/mol. The van der Waals surface area contributed by atoms with E-state index in [1.807, 2.05) is 27.7 Å². The van der Waals surface area contributed by atoms with Gasteiger partial charge in [-0.1, -0.05) is 32.9 Å². The number of hydrogen-bond donors (Lipinski definition) is 1. The fourth-order valence-electron chi connectivity index (χ4n) is 1.94. The molecule has 0 fully saturated rings. The second-order valence-corrected chi connectivity index (χ2v) is 5.09. The highest BCUT2D eigenvalue weighted by molar-refractivity contribution is 5.84. The van der Waals surface area contributed by atoms with E-state index < -0.39 is 0 Å². The van der Waals surface area contributed by atoms with Crippen LogP contribution in [0.2, 0.25) is 0 Å². The maximum atomic E-state index is 12.9. The number of halogens is 1. The van der Waals surface area contributed by atoms with Crippen LogP contribution in [0.4, 0.5) is 4.39 Å². The lowest BCUT2D eigenvalue weighted by Crippen LogP contribution is -2.37.